The van der Waals surface area contributed by atoms with E-state index in [1.54, 1.807) is 0 Å². The van der Waals surface area contributed by atoms with Crippen LogP contribution in [0.2, 0.25) is 0 Å². The van der Waals surface area contributed by atoms with Crippen molar-refractivity contribution >= 4 is 23.8 Å². The molecule has 0 atom stereocenters. The molecule has 7 heteroatoms. The maximum absolute atomic E-state index is 11.2. The second-order valence-electron chi connectivity index (χ2n) is 2.96. The van der Waals surface area contributed by atoms with E-state index in [1.165, 1.54) is 0 Å². The quantitative estimate of drug-likeness (QED) is 0.414. The normalized spacial score (nSPS) is 22.3. The molecule has 2 saturated heterocycles. The van der Waals surface area contributed by atoms with Crippen molar-refractivity contribution in [1.82, 2.24) is 15.3 Å². The van der Waals surface area contributed by atoms with Crippen LogP contribution in [0.5, 0.6) is 0 Å². The van der Waals surface area contributed by atoms with Crippen molar-refractivity contribution in [2.45, 2.75) is 12.8 Å². The Hall–Kier alpha value is -1.92. The molecule has 2 heterocycles. The third kappa shape index (κ3) is 1.05. The third-order valence-electron chi connectivity index (χ3n) is 2.04. The van der Waals surface area contributed by atoms with Crippen molar-refractivity contribution in [2.24, 2.45) is 0 Å². The Morgan fingerprint density at radius 3 is 1.86 bits per heavy atom. The lowest BCUT2D eigenvalue weighted by Gasteiger charge is -2.21. The molecule has 0 saturated carbocycles. The lowest BCUT2D eigenvalue weighted by Crippen LogP contribution is -2.49. The van der Waals surface area contributed by atoms with E-state index in [0.717, 1.165) is 0 Å². The van der Waals surface area contributed by atoms with Gasteiger partial charge in [-0.2, -0.15) is 10.0 Å². The van der Waals surface area contributed by atoms with Gasteiger partial charge < -0.3 is 5.32 Å². The summed E-state index contributed by atoms with van der Waals surface area (Å²) in [7, 11) is 0. The summed E-state index contributed by atoms with van der Waals surface area (Å²) < 4.78 is 0. The minimum atomic E-state index is -0.724. The van der Waals surface area contributed by atoms with Crippen LogP contribution in [-0.2, 0) is 14.4 Å². The fourth-order valence-electron chi connectivity index (χ4n) is 1.40. The Kier molecular flexibility index (Phi) is 1.73. The van der Waals surface area contributed by atoms with Crippen molar-refractivity contribution in [3.8, 4) is 0 Å². The number of carbonyl (C=O) groups is 4. The van der Waals surface area contributed by atoms with Crippen LogP contribution in [0.1, 0.15) is 12.8 Å². The average molecular weight is 197 g/mol. The van der Waals surface area contributed by atoms with Crippen molar-refractivity contribution in [3.63, 3.8) is 0 Å². The van der Waals surface area contributed by atoms with E-state index in [4.69, 9.17) is 0 Å². The number of hydrogen-bond acceptors (Lipinski definition) is 4. The van der Waals surface area contributed by atoms with Crippen LogP contribution in [0.3, 0.4) is 0 Å². The monoisotopic (exact) mass is 197 g/mol. The summed E-state index contributed by atoms with van der Waals surface area (Å²) in [4.78, 5) is 44.7. The van der Waals surface area contributed by atoms with Crippen LogP contribution >= 0.6 is 0 Å². The van der Waals surface area contributed by atoms with Gasteiger partial charge in [0.15, 0.2) is 0 Å². The predicted molar refractivity (Wildman–Crippen MR) is 41.3 cm³/mol. The molecule has 5 amide bonds. The molecule has 2 rings (SSSR count). The van der Waals surface area contributed by atoms with Gasteiger partial charge in [0.1, 0.15) is 6.54 Å². The first-order valence-corrected chi connectivity index (χ1v) is 4.08. The van der Waals surface area contributed by atoms with Gasteiger partial charge in [0.05, 0.1) is 0 Å². The maximum atomic E-state index is 11.2. The molecule has 0 aliphatic carbocycles. The van der Waals surface area contributed by atoms with Gasteiger partial charge in [-0.15, -0.1) is 0 Å². The number of hydrazine groups is 1. The molecule has 14 heavy (non-hydrogen) atoms. The second kappa shape index (κ2) is 2.79. The molecular weight excluding hydrogens is 190 g/mol. The minimum absolute atomic E-state index is 0.0515. The van der Waals surface area contributed by atoms with E-state index in [9.17, 15) is 19.2 Å². The van der Waals surface area contributed by atoms with Gasteiger partial charge in [0, 0.05) is 12.8 Å². The lowest BCUT2D eigenvalue weighted by molar-refractivity contribution is -0.159. The van der Waals surface area contributed by atoms with Crippen LogP contribution in [0, 0.1) is 0 Å². The summed E-state index contributed by atoms with van der Waals surface area (Å²) in [5.74, 6) is -1.61. The van der Waals surface area contributed by atoms with Crippen LogP contribution in [-0.4, -0.2) is 40.3 Å². The number of rotatable bonds is 1. The third-order valence-corrected chi connectivity index (χ3v) is 2.04. The SMILES string of the molecule is O=C1CCC(=O)N1N1C(=O)CNC1=O. The minimum Gasteiger partial charge on any atom is -0.327 e. The Morgan fingerprint density at radius 1 is 0.857 bits per heavy atom. The van der Waals surface area contributed by atoms with Crippen molar-refractivity contribution < 1.29 is 19.2 Å². The van der Waals surface area contributed by atoms with Gasteiger partial charge in [0.2, 0.25) is 11.8 Å². The Balaban J connectivity index is 2.29. The number of nitrogens with one attached hydrogen (secondary N) is 1. The standard InChI is InChI=1S/C7H7N3O4/c11-4-1-2-5(12)9(4)10-6(13)3-8-7(10)14/h1-3H2,(H,8,14). The molecule has 2 aliphatic heterocycles. The lowest BCUT2D eigenvalue weighted by atomic mass is 10.4. The summed E-state index contributed by atoms with van der Waals surface area (Å²) in [6.07, 6.45) is 0.103. The molecule has 74 valence electrons. The molecule has 0 unspecified atom stereocenters. The van der Waals surface area contributed by atoms with E-state index in [2.05, 4.69) is 5.32 Å². The van der Waals surface area contributed by atoms with Gasteiger partial charge in [-0.1, -0.05) is 0 Å². The molecule has 0 aromatic heterocycles. The highest BCUT2D eigenvalue weighted by Crippen LogP contribution is 2.16. The van der Waals surface area contributed by atoms with Crippen LogP contribution < -0.4 is 5.32 Å². The zero-order valence-corrected chi connectivity index (χ0v) is 7.15. The molecule has 0 aromatic carbocycles. The molecule has 0 aromatic rings. The Morgan fingerprint density at radius 2 is 1.43 bits per heavy atom. The molecule has 7 nitrogen and oxygen atoms in total. The van der Waals surface area contributed by atoms with Gasteiger partial charge in [-0.25, -0.2) is 4.79 Å². The van der Waals surface area contributed by atoms with Crippen LogP contribution in [0.15, 0.2) is 0 Å². The number of carbonyl (C=O) groups excluding carboxylic acids is 4. The molecule has 2 fully saturated rings. The van der Waals surface area contributed by atoms with E-state index >= 15 is 0 Å². The number of hydrogen-bond donors (Lipinski definition) is 1. The zero-order valence-electron chi connectivity index (χ0n) is 7.15. The first kappa shape index (κ1) is 8.67. The van der Waals surface area contributed by atoms with Crippen LogP contribution in [0.4, 0.5) is 4.79 Å². The predicted octanol–water partition coefficient (Wildman–Crippen LogP) is -1.40. The Bertz CT molecular complexity index is 285. The summed E-state index contributed by atoms with van der Waals surface area (Å²) in [6, 6.07) is -0.724. The van der Waals surface area contributed by atoms with Crippen molar-refractivity contribution in [2.75, 3.05) is 6.54 Å². The van der Waals surface area contributed by atoms with Gasteiger partial charge in [-0.3, -0.25) is 14.4 Å². The molecular formula is C7H7N3O4. The highest BCUT2D eigenvalue weighted by Gasteiger charge is 2.43. The van der Waals surface area contributed by atoms with Crippen LogP contribution in [0.25, 0.3) is 0 Å². The number of imide groups is 2. The highest BCUT2D eigenvalue weighted by atomic mass is 16.2. The van der Waals surface area contributed by atoms with Gasteiger partial charge in [-0.05, 0) is 0 Å². The van der Waals surface area contributed by atoms with E-state index in [1.807, 2.05) is 0 Å². The fourth-order valence-corrected chi connectivity index (χ4v) is 1.40. The topological polar surface area (TPSA) is 86.8 Å². The first-order valence-electron chi connectivity index (χ1n) is 4.08. The average Bonchev–Trinajstić information content (AvgIpc) is 2.60. The molecule has 1 N–H and O–H groups in total. The largest absolute Gasteiger partial charge is 0.344 e. The van der Waals surface area contributed by atoms with Crippen molar-refractivity contribution in [3.05, 3.63) is 0 Å². The van der Waals surface area contributed by atoms with Crippen molar-refractivity contribution in [1.29, 1.82) is 0 Å². The zero-order chi connectivity index (χ0) is 10.3. The van der Waals surface area contributed by atoms with E-state index in [0.29, 0.717) is 10.0 Å². The van der Waals surface area contributed by atoms with Gasteiger partial charge in [0.25, 0.3) is 5.91 Å². The smallest absolute Gasteiger partial charge is 0.327 e. The summed E-state index contributed by atoms with van der Waals surface area (Å²) in [5, 5.41) is 3.41. The van der Waals surface area contributed by atoms with E-state index in [-0.39, 0.29) is 19.4 Å². The molecule has 0 bridgehead atoms. The second-order valence-corrected chi connectivity index (χ2v) is 2.96. The number of urea groups is 1. The summed E-state index contributed by atoms with van der Waals surface area (Å²) >= 11 is 0. The molecule has 0 radical (unpaired) electrons. The molecule has 0 spiro atoms. The fraction of sp³-hybridized carbons (Fsp3) is 0.429. The number of nitrogens with zero attached hydrogens (tertiary/aromatic N) is 2. The number of amides is 5. The first-order chi connectivity index (χ1) is 6.61. The summed E-state index contributed by atoms with van der Waals surface area (Å²) in [6.45, 7) is -0.171. The molecule has 2 aliphatic rings. The summed E-state index contributed by atoms with van der Waals surface area (Å²) in [5.41, 5.74) is 0. The van der Waals surface area contributed by atoms with Gasteiger partial charge >= 0.3 is 6.03 Å². The Labute approximate surface area is 78.6 Å². The van der Waals surface area contributed by atoms with E-state index < -0.39 is 23.8 Å². The maximum Gasteiger partial charge on any atom is 0.344 e. The highest BCUT2D eigenvalue weighted by molar-refractivity contribution is 6.10.